The van der Waals surface area contributed by atoms with Crippen LogP contribution in [0.25, 0.3) is 0 Å². The zero-order chi connectivity index (χ0) is 16.1. The van der Waals surface area contributed by atoms with Crippen LogP contribution in [0.3, 0.4) is 0 Å². The Bertz CT molecular complexity index is 526. The molecule has 1 aliphatic heterocycles. The molecule has 2 amide bonds. The minimum absolute atomic E-state index is 0.0407. The van der Waals surface area contributed by atoms with Crippen LogP contribution in [0.5, 0.6) is 0 Å². The summed E-state index contributed by atoms with van der Waals surface area (Å²) < 4.78 is 1.79. The van der Waals surface area contributed by atoms with Gasteiger partial charge in [-0.1, -0.05) is 0 Å². The summed E-state index contributed by atoms with van der Waals surface area (Å²) in [6.45, 7) is 3.96. The van der Waals surface area contributed by atoms with Gasteiger partial charge in [-0.15, -0.1) is 0 Å². The van der Waals surface area contributed by atoms with Crippen molar-refractivity contribution >= 4 is 11.8 Å². The van der Waals surface area contributed by atoms with Gasteiger partial charge in [0, 0.05) is 46.3 Å². The number of rotatable bonds is 6. The molecule has 0 saturated carbocycles. The van der Waals surface area contributed by atoms with Gasteiger partial charge in [-0.25, -0.2) is 0 Å². The maximum atomic E-state index is 12.5. The Hall–Kier alpha value is -1.85. The van der Waals surface area contributed by atoms with Crippen LogP contribution in [0.4, 0.5) is 0 Å². The van der Waals surface area contributed by atoms with Crippen molar-refractivity contribution in [3.8, 4) is 0 Å². The lowest BCUT2D eigenvalue weighted by Crippen LogP contribution is -2.46. The Morgan fingerprint density at radius 1 is 1.50 bits per heavy atom. The van der Waals surface area contributed by atoms with Crippen molar-refractivity contribution in [2.75, 3.05) is 26.7 Å². The highest BCUT2D eigenvalue weighted by Crippen LogP contribution is 2.19. The standard InChI is InChI=1S/C16H26N4O2/c1-4-20-12-14(7-8-15(20)21)16(22)18(2)9-5-6-13-10-17-19(3)11-13/h10-11,14H,4-9,12H2,1-3H3/t14-/m0/s1. The van der Waals surface area contributed by atoms with Crippen molar-refractivity contribution < 1.29 is 9.59 Å². The predicted molar refractivity (Wildman–Crippen MR) is 84.1 cm³/mol. The lowest BCUT2D eigenvalue weighted by Gasteiger charge is -2.33. The van der Waals surface area contributed by atoms with Crippen LogP contribution in [-0.4, -0.2) is 58.1 Å². The maximum Gasteiger partial charge on any atom is 0.227 e. The van der Waals surface area contributed by atoms with Gasteiger partial charge in [-0.05, 0) is 31.7 Å². The second-order valence-corrected chi connectivity index (χ2v) is 6.05. The van der Waals surface area contributed by atoms with Gasteiger partial charge in [0.2, 0.25) is 11.8 Å². The third-order valence-corrected chi connectivity index (χ3v) is 4.32. The third kappa shape index (κ3) is 4.08. The van der Waals surface area contributed by atoms with Gasteiger partial charge >= 0.3 is 0 Å². The van der Waals surface area contributed by atoms with Crippen LogP contribution < -0.4 is 0 Å². The first-order chi connectivity index (χ1) is 10.5. The molecule has 0 unspecified atom stereocenters. The molecule has 0 radical (unpaired) electrons. The van der Waals surface area contributed by atoms with Crippen LogP contribution in [0, 0.1) is 5.92 Å². The zero-order valence-corrected chi connectivity index (χ0v) is 13.8. The van der Waals surface area contributed by atoms with Crippen LogP contribution in [-0.2, 0) is 23.1 Å². The highest BCUT2D eigenvalue weighted by molar-refractivity contribution is 5.83. The van der Waals surface area contributed by atoms with Gasteiger partial charge in [0.1, 0.15) is 0 Å². The van der Waals surface area contributed by atoms with E-state index >= 15 is 0 Å². The molecule has 2 rings (SSSR count). The monoisotopic (exact) mass is 306 g/mol. The summed E-state index contributed by atoms with van der Waals surface area (Å²) in [7, 11) is 3.77. The van der Waals surface area contributed by atoms with E-state index in [1.165, 1.54) is 5.56 Å². The van der Waals surface area contributed by atoms with Gasteiger partial charge in [-0.3, -0.25) is 14.3 Å². The first-order valence-electron chi connectivity index (χ1n) is 8.01. The van der Waals surface area contributed by atoms with Gasteiger partial charge in [0.05, 0.1) is 12.1 Å². The van der Waals surface area contributed by atoms with Crippen molar-refractivity contribution in [2.45, 2.75) is 32.6 Å². The number of carbonyl (C=O) groups is 2. The zero-order valence-electron chi connectivity index (χ0n) is 13.8. The molecule has 1 aliphatic rings. The summed E-state index contributed by atoms with van der Waals surface area (Å²) in [6, 6.07) is 0. The minimum atomic E-state index is -0.0407. The van der Waals surface area contributed by atoms with Crippen molar-refractivity contribution in [3.63, 3.8) is 0 Å². The SMILES string of the molecule is CCN1C[C@@H](C(=O)N(C)CCCc2cnn(C)c2)CCC1=O. The molecule has 2 heterocycles. The average molecular weight is 306 g/mol. The largest absolute Gasteiger partial charge is 0.345 e. The molecule has 0 N–H and O–H groups in total. The topological polar surface area (TPSA) is 58.4 Å². The molecular weight excluding hydrogens is 280 g/mol. The second-order valence-electron chi connectivity index (χ2n) is 6.05. The Balaban J connectivity index is 1.78. The van der Waals surface area contributed by atoms with E-state index in [1.54, 1.807) is 9.58 Å². The van der Waals surface area contributed by atoms with Crippen LogP contribution >= 0.6 is 0 Å². The number of aryl methyl sites for hydroxylation is 2. The number of amides is 2. The Kier molecular flexibility index (Phi) is 5.57. The second kappa shape index (κ2) is 7.42. The van der Waals surface area contributed by atoms with E-state index in [2.05, 4.69) is 5.10 Å². The van der Waals surface area contributed by atoms with Crippen molar-refractivity contribution in [1.82, 2.24) is 19.6 Å². The molecule has 0 aromatic carbocycles. The van der Waals surface area contributed by atoms with E-state index in [0.717, 1.165) is 19.4 Å². The lowest BCUT2D eigenvalue weighted by molar-refractivity contribution is -0.142. The molecule has 0 spiro atoms. The third-order valence-electron chi connectivity index (χ3n) is 4.32. The number of piperidine rings is 1. The van der Waals surface area contributed by atoms with E-state index in [1.807, 2.05) is 38.3 Å². The lowest BCUT2D eigenvalue weighted by atomic mass is 9.96. The Morgan fingerprint density at radius 2 is 2.27 bits per heavy atom. The van der Waals surface area contributed by atoms with E-state index in [9.17, 15) is 9.59 Å². The summed E-state index contributed by atoms with van der Waals surface area (Å²) in [5, 5.41) is 4.15. The molecule has 1 fully saturated rings. The van der Waals surface area contributed by atoms with Gasteiger partial charge in [0.25, 0.3) is 0 Å². The summed E-state index contributed by atoms with van der Waals surface area (Å²) in [5.41, 5.74) is 1.20. The van der Waals surface area contributed by atoms with E-state index in [4.69, 9.17) is 0 Å². The summed E-state index contributed by atoms with van der Waals surface area (Å²) in [4.78, 5) is 27.8. The number of carbonyl (C=O) groups excluding carboxylic acids is 2. The highest BCUT2D eigenvalue weighted by Gasteiger charge is 2.30. The molecule has 0 bridgehead atoms. The molecule has 1 aromatic heterocycles. The fourth-order valence-electron chi connectivity index (χ4n) is 2.97. The minimum Gasteiger partial charge on any atom is -0.345 e. The van der Waals surface area contributed by atoms with Gasteiger partial charge < -0.3 is 9.80 Å². The fourth-order valence-corrected chi connectivity index (χ4v) is 2.97. The molecule has 6 heteroatoms. The van der Waals surface area contributed by atoms with E-state index in [-0.39, 0.29) is 17.7 Å². The predicted octanol–water partition coefficient (Wildman–Crippen LogP) is 1.07. The normalized spacial score (nSPS) is 18.6. The molecular formula is C16H26N4O2. The first-order valence-corrected chi connectivity index (χ1v) is 8.01. The molecule has 0 aliphatic carbocycles. The van der Waals surface area contributed by atoms with Crippen LogP contribution in [0.1, 0.15) is 31.7 Å². The Morgan fingerprint density at radius 3 is 2.91 bits per heavy atom. The van der Waals surface area contributed by atoms with Crippen LogP contribution in [0.15, 0.2) is 12.4 Å². The summed E-state index contributed by atoms with van der Waals surface area (Å²) >= 11 is 0. The molecule has 22 heavy (non-hydrogen) atoms. The van der Waals surface area contributed by atoms with E-state index < -0.39 is 0 Å². The van der Waals surface area contributed by atoms with Crippen molar-refractivity contribution in [3.05, 3.63) is 18.0 Å². The highest BCUT2D eigenvalue weighted by atomic mass is 16.2. The first kappa shape index (κ1) is 16.5. The summed E-state index contributed by atoms with van der Waals surface area (Å²) in [5.74, 6) is 0.295. The molecule has 1 aromatic rings. The van der Waals surface area contributed by atoms with E-state index in [0.29, 0.717) is 25.9 Å². The molecule has 1 saturated heterocycles. The molecule has 6 nitrogen and oxygen atoms in total. The van der Waals surface area contributed by atoms with Gasteiger partial charge in [0.15, 0.2) is 0 Å². The van der Waals surface area contributed by atoms with Crippen molar-refractivity contribution in [1.29, 1.82) is 0 Å². The van der Waals surface area contributed by atoms with Crippen LogP contribution in [0.2, 0.25) is 0 Å². The fraction of sp³-hybridized carbons (Fsp3) is 0.688. The average Bonchev–Trinajstić information content (AvgIpc) is 2.92. The number of aromatic nitrogens is 2. The molecule has 122 valence electrons. The Labute approximate surface area is 132 Å². The number of likely N-dealkylation sites (tertiary alicyclic amines) is 1. The number of nitrogens with zero attached hydrogens (tertiary/aromatic N) is 4. The number of hydrogen-bond acceptors (Lipinski definition) is 3. The summed E-state index contributed by atoms with van der Waals surface area (Å²) in [6.07, 6.45) is 6.91. The molecule has 1 atom stereocenters. The van der Waals surface area contributed by atoms with Gasteiger partial charge in [-0.2, -0.15) is 5.10 Å². The quantitative estimate of drug-likeness (QED) is 0.790. The smallest absolute Gasteiger partial charge is 0.227 e. The maximum absolute atomic E-state index is 12.5. The van der Waals surface area contributed by atoms with Crippen molar-refractivity contribution in [2.24, 2.45) is 13.0 Å². The number of hydrogen-bond donors (Lipinski definition) is 0.